The lowest BCUT2D eigenvalue weighted by Crippen LogP contribution is -2.05. The predicted molar refractivity (Wildman–Crippen MR) is 111 cm³/mol. The van der Waals surface area contributed by atoms with Gasteiger partial charge in [0.15, 0.2) is 0 Å². The monoisotopic (exact) mass is 445 g/mol. The maximum Gasteiger partial charge on any atom is 0.416 e. The molecule has 0 bridgehead atoms. The predicted octanol–water partition coefficient (Wildman–Crippen LogP) is 5.79. The first-order valence-electron chi connectivity index (χ1n) is 10.3. The Morgan fingerprint density at radius 3 is 2.81 bits per heavy atom. The number of ether oxygens (including phenoxy) is 1. The fourth-order valence-corrected chi connectivity index (χ4v) is 4.07. The van der Waals surface area contributed by atoms with E-state index < -0.39 is 17.7 Å². The van der Waals surface area contributed by atoms with Crippen molar-refractivity contribution in [3.05, 3.63) is 70.6 Å². The van der Waals surface area contributed by atoms with Crippen LogP contribution in [-0.2, 0) is 23.8 Å². The van der Waals surface area contributed by atoms with Crippen LogP contribution in [0.4, 0.5) is 13.2 Å². The van der Waals surface area contributed by atoms with Gasteiger partial charge in [0.05, 0.1) is 24.3 Å². The second-order valence-corrected chi connectivity index (χ2v) is 7.89. The number of hydrogen-bond donors (Lipinski definition) is 1. The van der Waals surface area contributed by atoms with Crippen molar-refractivity contribution in [1.29, 1.82) is 0 Å². The lowest BCUT2D eigenvalue weighted by atomic mass is 9.98. The number of hydrogen-bond acceptors (Lipinski definition) is 4. The number of nitrogens with zero attached hydrogens (tertiary/aromatic N) is 1. The van der Waals surface area contributed by atoms with Crippen LogP contribution in [0.25, 0.3) is 11.5 Å². The Morgan fingerprint density at radius 1 is 1.25 bits per heavy atom. The first kappa shape index (κ1) is 21.9. The van der Waals surface area contributed by atoms with Crippen molar-refractivity contribution in [3.63, 3.8) is 0 Å². The number of carbonyl (C=O) groups is 1. The second-order valence-electron chi connectivity index (χ2n) is 7.89. The number of aliphatic carboxylic acids is 1. The van der Waals surface area contributed by atoms with Gasteiger partial charge in [0.1, 0.15) is 11.5 Å². The average Bonchev–Trinajstić information content (AvgIpc) is 3.30. The first-order chi connectivity index (χ1) is 15.2. The number of carboxylic acids is 1. The highest BCUT2D eigenvalue weighted by molar-refractivity contribution is 5.68. The Balaban J connectivity index is 1.40. The van der Waals surface area contributed by atoms with E-state index in [4.69, 9.17) is 14.3 Å². The van der Waals surface area contributed by atoms with Crippen molar-refractivity contribution in [2.75, 3.05) is 6.61 Å². The van der Waals surface area contributed by atoms with E-state index in [1.807, 2.05) is 18.2 Å². The summed E-state index contributed by atoms with van der Waals surface area (Å²) in [7, 11) is 0. The van der Waals surface area contributed by atoms with Crippen LogP contribution in [0.15, 0.2) is 46.9 Å². The zero-order valence-corrected chi connectivity index (χ0v) is 17.4. The number of carboxylic acid groups (broad SMARTS) is 1. The summed E-state index contributed by atoms with van der Waals surface area (Å²) in [6.45, 7) is 2.05. The van der Waals surface area contributed by atoms with Crippen LogP contribution < -0.4 is 4.74 Å². The molecule has 8 heteroatoms. The van der Waals surface area contributed by atoms with Crippen molar-refractivity contribution in [1.82, 2.24) is 4.98 Å². The molecule has 1 heterocycles. The van der Waals surface area contributed by atoms with Crippen LogP contribution >= 0.6 is 0 Å². The molecule has 3 aromatic rings. The van der Waals surface area contributed by atoms with Gasteiger partial charge in [-0.05, 0) is 67.1 Å². The van der Waals surface area contributed by atoms with Crippen LogP contribution in [0.2, 0.25) is 0 Å². The third-order valence-electron chi connectivity index (χ3n) is 5.67. The molecular formula is C24H22F3NO4. The van der Waals surface area contributed by atoms with Crippen LogP contribution in [-0.4, -0.2) is 22.7 Å². The van der Waals surface area contributed by atoms with E-state index in [0.29, 0.717) is 30.2 Å². The number of benzene rings is 2. The number of rotatable bonds is 7. The molecule has 1 aliphatic rings. The molecule has 0 saturated carbocycles. The van der Waals surface area contributed by atoms with Gasteiger partial charge in [0.25, 0.3) is 0 Å². The summed E-state index contributed by atoms with van der Waals surface area (Å²) in [5.74, 6) is 0.621. The van der Waals surface area contributed by atoms with Crippen molar-refractivity contribution >= 4 is 5.97 Å². The van der Waals surface area contributed by atoms with Crippen LogP contribution in [0, 0.1) is 6.92 Å². The molecule has 5 nitrogen and oxygen atoms in total. The third kappa shape index (κ3) is 4.79. The van der Waals surface area contributed by atoms with Gasteiger partial charge >= 0.3 is 12.1 Å². The van der Waals surface area contributed by atoms with Crippen molar-refractivity contribution in [2.45, 2.75) is 44.7 Å². The summed E-state index contributed by atoms with van der Waals surface area (Å²) in [4.78, 5) is 15.4. The molecule has 0 saturated heterocycles. The first-order valence-corrected chi connectivity index (χ1v) is 10.3. The van der Waals surface area contributed by atoms with Gasteiger partial charge in [-0.25, -0.2) is 4.98 Å². The molecule has 1 atom stereocenters. The molecule has 0 radical (unpaired) electrons. The Hall–Kier alpha value is -3.29. The molecule has 0 spiro atoms. The lowest BCUT2D eigenvalue weighted by molar-refractivity contribution is -0.138. The van der Waals surface area contributed by atoms with Gasteiger partial charge in [-0.2, -0.15) is 13.2 Å². The zero-order chi connectivity index (χ0) is 22.9. The Labute approximate surface area is 182 Å². The quantitative estimate of drug-likeness (QED) is 0.498. The maximum atomic E-state index is 13.0. The summed E-state index contributed by atoms with van der Waals surface area (Å²) in [6.07, 6.45) is -2.22. The molecule has 0 amide bonds. The van der Waals surface area contributed by atoms with Crippen molar-refractivity contribution in [2.24, 2.45) is 0 Å². The average molecular weight is 445 g/mol. The Morgan fingerprint density at radius 2 is 2.06 bits per heavy atom. The minimum absolute atomic E-state index is 0.0450. The largest absolute Gasteiger partial charge is 0.493 e. The summed E-state index contributed by atoms with van der Waals surface area (Å²) in [6, 6.07) is 10.6. The highest BCUT2D eigenvalue weighted by Crippen LogP contribution is 2.37. The number of alkyl halides is 3. The van der Waals surface area contributed by atoms with Crippen molar-refractivity contribution in [3.8, 4) is 17.2 Å². The van der Waals surface area contributed by atoms with Gasteiger partial charge in [0.2, 0.25) is 5.89 Å². The molecule has 1 unspecified atom stereocenters. The molecule has 4 rings (SSSR count). The maximum absolute atomic E-state index is 13.0. The fraction of sp³-hybridized carbons (Fsp3) is 0.333. The Kier molecular flexibility index (Phi) is 5.95. The lowest BCUT2D eigenvalue weighted by Gasteiger charge is -2.10. The molecule has 0 fully saturated rings. The van der Waals surface area contributed by atoms with Gasteiger partial charge in [-0.15, -0.1) is 0 Å². The highest BCUT2D eigenvalue weighted by Gasteiger charge is 2.31. The Bertz CT molecular complexity index is 1140. The number of halogens is 3. The van der Waals surface area contributed by atoms with Crippen LogP contribution in [0.1, 0.15) is 46.9 Å². The molecule has 1 aliphatic carbocycles. The zero-order valence-electron chi connectivity index (χ0n) is 17.4. The van der Waals surface area contributed by atoms with Crippen LogP contribution in [0.5, 0.6) is 5.75 Å². The molecule has 0 aliphatic heterocycles. The molecule has 1 aromatic heterocycles. The third-order valence-corrected chi connectivity index (χ3v) is 5.67. The van der Waals surface area contributed by atoms with E-state index in [1.165, 1.54) is 12.1 Å². The van der Waals surface area contributed by atoms with Crippen LogP contribution in [0.3, 0.4) is 0 Å². The van der Waals surface area contributed by atoms with E-state index in [0.717, 1.165) is 36.1 Å². The minimum Gasteiger partial charge on any atom is -0.493 e. The van der Waals surface area contributed by atoms with Gasteiger partial charge in [-0.3, -0.25) is 4.79 Å². The topological polar surface area (TPSA) is 72.6 Å². The van der Waals surface area contributed by atoms with Gasteiger partial charge < -0.3 is 14.3 Å². The second kappa shape index (κ2) is 8.68. The summed E-state index contributed by atoms with van der Waals surface area (Å²) >= 11 is 0. The van der Waals surface area contributed by atoms with E-state index in [9.17, 15) is 18.0 Å². The van der Waals surface area contributed by atoms with E-state index in [2.05, 4.69) is 4.98 Å². The van der Waals surface area contributed by atoms with Gasteiger partial charge in [0, 0.05) is 12.0 Å². The smallest absolute Gasteiger partial charge is 0.416 e. The molecule has 1 N–H and O–H groups in total. The minimum atomic E-state index is -4.43. The number of fused-ring (bicyclic) bond motifs is 1. The number of aryl methyl sites for hydroxylation is 2. The number of aromatic nitrogens is 1. The van der Waals surface area contributed by atoms with Crippen molar-refractivity contribution < 1.29 is 32.2 Å². The van der Waals surface area contributed by atoms with Gasteiger partial charge in [-0.1, -0.05) is 12.1 Å². The summed E-state index contributed by atoms with van der Waals surface area (Å²) < 4.78 is 50.3. The molecule has 168 valence electrons. The molecule has 32 heavy (non-hydrogen) atoms. The normalized spacial score (nSPS) is 15.6. The molecular weight excluding hydrogens is 423 g/mol. The fourth-order valence-electron chi connectivity index (χ4n) is 4.07. The summed E-state index contributed by atoms with van der Waals surface area (Å²) in [5.41, 5.74) is 2.32. The van der Waals surface area contributed by atoms with E-state index in [-0.39, 0.29) is 23.8 Å². The highest BCUT2D eigenvalue weighted by atomic mass is 19.4. The number of oxazole rings is 1. The van der Waals surface area contributed by atoms with E-state index >= 15 is 0 Å². The SMILES string of the molecule is Cc1oc(-c2cccc(C(F)(F)F)c2)nc1CCOc1ccc2c(c1)CCC2CC(=O)O. The van der Waals surface area contributed by atoms with E-state index in [1.54, 1.807) is 6.92 Å². The standard InChI is InChI=1S/C24H22F3NO4/c1-14-21(28-23(32-14)17-3-2-4-18(11-17)24(25,26)27)9-10-31-19-7-8-20-15(12-19)5-6-16(20)13-22(29)30/h2-4,7-8,11-12,16H,5-6,9-10,13H2,1H3,(H,29,30). The summed E-state index contributed by atoms with van der Waals surface area (Å²) in [5, 5.41) is 9.04. The molecule has 2 aromatic carbocycles.